The van der Waals surface area contributed by atoms with Gasteiger partial charge in [0.15, 0.2) is 0 Å². The lowest BCUT2D eigenvalue weighted by molar-refractivity contribution is -0.132. The minimum Gasteiger partial charge on any atom is -0.497 e. The predicted molar refractivity (Wildman–Crippen MR) is 79.0 cm³/mol. The van der Waals surface area contributed by atoms with Crippen LogP contribution in [0, 0.1) is 0 Å². The van der Waals surface area contributed by atoms with Crippen molar-refractivity contribution in [2.75, 3.05) is 26.7 Å². The van der Waals surface area contributed by atoms with Crippen LogP contribution in [0.2, 0.25) is 0 Å². The SMILES string of the molecule is COc1ccc(CN2CCC(N3CC[C@H](O)C3)C2=O)cc1. The van der Waals surface area contributed by atoms with E-state index < -0.39 is 0 Å². The molecule has 5 heteroatoms. The Morgan fingerprint density at radius 1 is 1.24 bits per heavy atom. The molecule has 21 heavy (non-hydrogen) atoms. The number of ether oxygens (including phenoxy) is 1. The first kappa shape index (κ1) is 14.4. The third-order valence-electron chi connectivity index (χ3n) is 4.44. The second-order valence-corrected chi connectivity index (χ2v) is 5.85. The normalized spacial score (nSPS) is 26.6. The smallest absolute Gasteiger partial charge is 0.240 e. The van der Waals surface area contributed by atoms with Crippen LogP contribution in [0.3, 0.4) is 0 Å². The molecule has 0 radical (unpaired) electrons. The van der Waals surface area contributed by atoms with Gasteiger partial charge in [0.05, 0.1) is 19.3 Å². The zero-order valence-corrected chi connectivity index (χ0v) is 12.4. The fourth-order valence-corrected chi connectivity index (χ4v) is 3.22. The molecule has 114 valence electrons. The van der Waals surface area contributed by atoms with Gasteiger partial charge in [0.1, 0.15) is 5.75 Å². The van der Waals surface area contributed by atoms with Crippen LogP contribution in [-0.4, -0.2) is 59.7 Å². The zero-order valence-electron chi connectivity index (χ0n) is 12.4. The minimum atomic E-state index is -0.270. The molecule has 3 rings (SSSR count). The van der Waals surface area contributed by atoms with E-state index in [2.05, 4.69) is 4.90 Å². The van der Waals surface area contributed by atoms with Gasteiger partial charge < -0.3 is 14.7 Å². The van der Waals surface area contributed by atoms with Crippen molar-refractivity contribution in [2.24, 2.45) is 0 Å². The van der Waals surface area contributed by atoms with Crippen LogP contribution in [0.25, 0.3) is 0 Å². The first-order valence-electron chi connectivity index (χ1n) is 7.51. The Labute approximate surface area is 125 Å². The maximum Gasteiger partial charge on any atom is 0.240 e. The van der Waals surface area contributed by atoms with E-state index in [0.717, 1.165) is 37.2 Å². The number of aliphatic hydroxyl groups excluding tert-OH is 1. The van der Waals surface area contributed by atoms with Crippen LogP contribution in [0.15, 0.2) is 24.3 Å². The minimum absolute atomic E-state index is 0.0413. The van der Waals surface area contributed by atoms with Gasteiger partial charge in [0, 0.05) is 26.2 Å². The lowest BCUT2D eigenvalue weighted by Gasteiger charge is -2.23. The molecule has 0 spiro atoms. The number of likely N-dealkylation sites (tertiary alicyclic amines) is 2. The van der Waals surface area contributed by atoms with Gasteiger partial charge >= 0.3 is 0 Å². The molecule has 2 saturated heterocycles. The number of carbonyl (C=O) groups excluding carboxylic acids is 1. The quantitative estimate of drug-likeness (QED) is 0.894. The lowest BCUT2D eigenvalue weighted by Crippen LogP contribution is -2.40. The first-order valence-corrected chi connectivity index (χ1v) is 7.51. The van der Waals surface area contributed by atoms with Gasteiger partial charge in [0.25, 0.3) is 0 Å². The number of methoxy groups -OCH3 is 1. The predicted octanol–water partition coefficient (Wildman–Crippen LogP) is 0.863. The molecule has 1 aromatic rings. The molecular formula is C16H22N2O3. The van der Waals surface area contributed by atoms with Crippen molar-refractivity contribution in [3.63, 3.8) is 0 Å². The molecule has 2 fully saturated rings. The second kappa shape index (κ2) is 6.03. The lowest BCUT2D eigenvalue weighted by atomic mass is 10.2. The summed E-state index contributed by atoms with van der Waals surface area (Å²) in [7, 11) is 1.65. The summed E-state index contributed by atoms with van der Waals surface area (Å²) in [5, 5.41) is 9.62. The number of benzene rings is 1. The summed E-state index contributed by atoms with van der Waals surface area (Å²) < 4.78 is 5.14. The Morgan fingerprint density at radius 2 is 2.00 bits per heavy atom. The molecule has 0 aliphatic carbocycles. The summed E-state index contributed by atoms with van der Waals surface area (Å²) in [6.45, 7) is 2.90. The summed E-state index contributed by atoms with van der Waals surface area (Å²) in [4.78, 5) is 16.5. The Bertz CT molecular complexity index is 503. The van der Waals surface area contributed by atoms with Gasteiger partial charge in [-0.1, -0.05) is 12.1 Å². The second-order valence-electron chi connectivity index (χ2n) is 5.85. The fourth-order valence-electron chi connectivity index (χ4n) is 3.22. The Morgan fingerprint density at radius 3 is 2.62 bits per heavy atom. The van der Waals surface area contributed by atoms with Gasteiger partial charge in [-0.05, 0) is 30.5 Å². The average Bonchev–Trinajstić information content (AvgIpc) is 3.07. The summed E-state index contributed by atoms with van der Waals surface area (Å²) in [5.74, 6) is 1.02. The molecule has 0 saturated carbocycles. The highest BCUT2D eigenvalue weighted by molar-refractivity contribution is 5.84. The van der Waals surface area contributed by atoms with Crippen LogP contribution in [0.1, 0.15) is 18.4 Å². The van der Waals surface area contributed by atoms with Gasteiger partial charge in [-0.2, -0.15) is 0 Å². The molecule has 5 nitrogen and oxygen atoms in total. The van der Waals surface area contributed by atoms with Crippen molar-refractivity contribution < 1.29 is 14.6 Å². The van der Waals surface area contributed by atoms with Crippen LogP contribution in [0.4, 0.5) is 0 Å². The van der Waals surface area contributed by atoms with Crippen molar-refractivity contribution in [3.8, 4) is 5.75 Å². The van der Waals surface area contributed by atoms with E-state index in [4.69, 9.17) is 4.74 Å². The molecule has 2 heterocycles. The highest BCUT2D eigenvalue weighted by atomic mass is 16.5. The molecule has 0 bridgehead atoms. The highest BCUT2D eigenvalue weighted by Crippen LogP contribution is 2.23. The molecule has 2 aliphatic heterocycles. The Balaban J connectivity index is 1.60. The van der Waals surface area contributed by atoms with E-state index >= 15 is 0 Å². The maximum atomic E-state index is 12.5. The summed E-state index contributed by atoms with van der Waals surface area (Å²) in [5.41, 5.74) is 1.12. The van der Waals surface area contributed by atoms with E-state index in [0.29, 0.717) is 13.1 Å². The van der Waals surface area contributed by atoms with Crippen LogP contribution in [-0.2, 0) is 11.3 Å². The van der Waals surface area contributed by atoms with Gasteiger partial charge in [-0.25, -0.2) is 0 Å². The third kappa shape index (κ3) is 3.04. The molecule has 1 amide bonds. The van der Waals surface area contributed by atoms with Crippen LogP contribution >= 0.6 is 0 Å². The van der Waals surface area contributed by atoms with E-state index in [1.165, 1.54) is 0 Å². The van der Waals surface area contributed by atoms with Gasteiger partial charge in [-0.15, -0.1) is 0 Å². The van der Waals surface area contributed by atoms with E-state index in [-0.39, 0.29) is 18.1 Å². The summed E-state index contributed by atoms with van der Waals surface area (Å²) in [6.07, 6.45) is 1.37. The zero-order chi connectivity index (χ0) is 14.8. The number of hydrogen-bond donors (Lipinski definition) is 1. The maximum absolute atomic E-state index is 12.5. The molecule has 2 atom stereocenters. The van der Waals surface area contributed by atoms with E-state index in [1.807, 2.05) is 29.2 Å². The summed E-state index contributed by atoms with van der Waals surface area (Å²) in [6, 6.07) is 7.80. The molecule has 2 aliphatic rings. The monoisotopic (exact) mass is 290 g/mol. The number of hydrogen-bond acceptors (Lipinski definition) is 4. The molecule has 1 aromatic carbocycles. The highest BCUT2D eigenvalue weighted by Gasteiger charge is 2.38. The number of rotatable bonds is 4. The van der Waals surface area contributed by atoms with Crippen molar-refractivity contribution in [2.45, 2.75) is 31.5 Å². The third-order valence-corrected chi connectivity index (χ3v) is 4.44. The molecule has 1 unspecified atom stereocenters. The topological polar surface area (TPSA) is 53.0 Å². The average molecular weight is 290 g/mol. The molecular weight excluding hydrogens is 268 g/mol. The van der Waals surface area contributed by atoms with Crippen molar-refractivity contribution in [1.82, 2.24) is 9.80 Å². The van der Waals surface area contributed by atoms with Crippen molar-refractivity contribution >= 4 is 5.91 Å². The fraction of sp³-hybridized carbons (Fsp3) is 0.562. The molecule has 1 N–H and O–H groups in total. The van der Waals surface area contributed by atoms with E-state index in [1.54, 1.807) is 7.11 Å². The van der Waals surface area contributed by atoms with E-state index in [9.17, 15) is 9.90 Å². The molecule has 0 aromatic heterocycles. The van der Waals surface area contributed by atoms with Crippen molar-refractivity contribution in [3.05, 3.63) is 29.8 Å². The van der Waals surface area contributed by atoms with Gasteiger partial charge in [-0.3, -0.25) is 9.69 Å². The Hall–Kier alpha value is -1.59. The number of β-amino-alcohol motifs (C(OH)–C–C–N with tert-alkyl or cyclic N) is 1. The largest absolute Gasteiger partial charge is 0.497 e. The number of nitrogens with zero attached hydrogens (tertiary/aromatic N) is 2. The van der Waals surface area contributed by atoms with Crippen LogP contribution in [0.5, 0.6) is 5.75 Å². The standard InChI is InChI=1S/C16H22N2O3/c1-21-14-4-2-12(3-5-14)10-18-9-7-15(16(18)20)17-8-6-13(19)11-17/h2-5,13,15,19H,6-11H2,1H3/t13-,15?/m0/s1. The van der Waals surface area contributed by atoms with Crippen molar-refractivity contribution in [1.29, 1.82) is 0 Å². The first-order chi connectivity index (χ1) is 10.2. The Kier molecular flexibility index (Phi) is 4.12. The number of amides is 1. The van der Waals surface area contributed by atoms with Crippen LogP contribution < -0.4 is 4.74 Å². The van der Waals surface area contributed by atoms with Gasteiger partial charge in [0.2, 0.25) is 5.91 Å². The number of aliphatic hydroxyl groups is 1. The number of carbonyl (C=O) groups is 1. The summed E-state index contributed by atoms with van der Waals surface area (Å²) >= 11 is 0.